The first-order valence-electron chi connectivity index (χ1n) is 6.04. The second kappa shape index (κ2) is 6.78. The summed E-state index contributed by atoms with van der Waals surface area (Å²) < 4.78 is 11.0. The molecule has 4 nitrogen and oxygen atoms in total. The molecule has 100 valence electrons. The Morgan fingerprint density at radius 1 is 1.00 bits per heavy atom. The fourth-order valence-electron chi connectivity index (χ4n) is 1.77. The highest BCUT2D eigenvalue weighted by molar-refractivity contribution is 5.43. The van der Waals surface area contributed by atoms with Crippen LogP contribution in [0, 0.1) is 0 Å². The molecule has 0 bridgehead atoms. The number of methoxy groups -OCH3 is 1. The van der Waals surface area contributed by atoms with Crippen molar-refractivity contribution >= 4 is 0 Å². The molecule has 2 aromatic carbocycles. The van der Waals surface area contributed by atoms with E-state index in [0.717, 1.165) is 11.1 Å². The molecule has 0 aliphatic heterocycles. The summed E-state index contributed by atoms with van der Waals surface area (Å²) in [4.78, 5) is 0. The van der Waals surface area contributed by atoms with Crippen molar-refractivity contribution in [2.75, 3.05) is 7.11 Å². The molecule has 0 aliphatic rings. The van der Waals surface area contributed by atoms with Gasteiger partial charge in [0.15, 0.2) is 11.5 Å². The smallest absolute Gasteiger partial charge is 0.161 e. The average Bonchev–Trinajstić information content (AvgIpc) is 2.47. The second-order valence-electron chi connectivity index (χ2n) is 4.09. The third-order valence-corrected chi connectivity index (χ3v) is 2.75. The van der Waals surface area contributed by atoms with E-state index >= 15 is 0 Å². The van der Waals surface area contributed by atoms with E-state index in [0.29, 0.717) is 24.7 Å². The molecule has 0 saturated carbocycles. The van der Waals surface area contributed by atoms with Gasteiger partial charge in [-0.05, 0) is 23.3 Å². The summed E-state index contributed by atoms with van der Waals surface area (Å²) in [5.41, 5.74) is 4.14. The number of benzene rings is 2. The van der Waals surface area contributed by atoms with E-state index in [2.05, 4.69) is 5.48 Å². The van der Waals surface area contributed by atoms with E-state index in [1.165, 1.54) is 0 Å². The van der Waals surface area contributed by atoms with Crippen molar-refractivity contribution in [2.24, 2.45) is 0 Å². The third-order valence-electron chi connectivity index (χ3n) is 2.75. The SMILES string of the molecule is COc1ccc(CNO)cc1OCc1ccccc1. The molecule has 2 aromatic rings. The molecule has 0 radical (unpaired) electrons. The van der Waals surface area contributed by atoms with Gasteiger partial charge in [-0.3, -0.25) is 0 Å². The highest BCUT2D eigenvalue weighted by Gasteiger charge is 2.06. The number of hydrogen-bond donors (Lipinski definition) is 2. The Morgan fingerprint density at radius 2 is 1.79 bits per heavy atom. The van der Waals surface area contributed by atoms with Crippen molar-refractivity contribution in [3.8, 4) is 11.5 Å². The summed E-state index contributed by atoms with van der Waals surface area (Å²) in [6.45, 7) is 0.846. The highest BCUT2D eigenvalue weighted by Crippen LogP contribution is 2.28. The first-order valence-corrected chi connectivity index (χ1v) is 6.04. The standard InChI is InChI=1S/C15H17NO3/c1-18-14-8-7-13(10-16-17)9-15(14)19-11-12-5-3-2-4-6-12/h2-9,16-17H,10-11H2,1H3. The molecule has 0 saturated heterocycles. The molecule has 0 spiro atoms. The average molecular weight is 259 g/mol. The lowest BCUT2D eigenvalue weighted by Crippen LogP contribution is -2.06. The fraction of sp³-hybridized carbons (Fsp3) is 0.200. The Hall–Kier alpha value is -2.04. The van der Waals surface area contributed by atoms with Gasteiger partial charge in [0.05, 0.1) is 7.11 Å². The first kappa shape index (κ1) is 13.4. The summed E-state index contributed by atoms with van der Waals surface area (Å²) in [5.74, 6) is 1.34. The van der Waals surface area contributed by atoms with Crippen LogP contribution in [0.15, 0.2) is 48.5 Å². The second-order valence-corrected chi connectivity index (χ2v) is 4.09. The summed E-state index contributed by atoms with van der Waals surface area (Å²) >= 11 is 0. The Bertz CT molecular complexity index is 514. The topological polar surface area (TPSA) is 50.7 Å². The number of hydroxylamine groups is 1. The molecule has 0 unspecified atom stereocenters. The largest absolute Gasteiger partial charge is 0.493 e. The van der Waals surface area contributed by atoms with Crippen molar-refractivity contribution in [1.82, 2.24) is 5.48 Å². The van der Waals surface area contributed by atoms with Crippen LogP contribution in [-0.2, 0) is 13.2 Å². The lowest BCUT2D eigenvalue weighted by Gasteiger charge is -2.12. The van der Waals surface area contributed by atoms with Crippen LogP contribution in [0.4, 0.5) is 0 Å². The molecule has 4 heteroatoms. The molecule has 0 aromatic heterocycles. The Balaban J connectivity index is 2.11. The van der Waals surface area contributed by atoms with Crippen molar-refractivity contribution in [1.29, 1.82) is 0 Å². The van der Waals surface area contributed by atoms with Gasteiger partial charge >= 0.3 is 0 Å². The van der Waals surface area contributed by atoms with Crippen LogP contribution in [0.5, 0.6) is 11.5 Å². The van der Waals surface area contributed by atoms with Gasteiger partial charge in [0.25, 0.3) is 0 Å². The maximum Gasteiger partial charge on any atom is 0.161 e. The molecule has 2 rings (SSSR count). The minimum Gasteiger partial charge on any atom is -0.493 e. The van der Waals surface area contributed by atoms with E-state index < -0.39 is 0 Å². The zero-order valence-corrected chi connectivity index (χ0v) is 10.8. The lowest BCUT2D eigenvalue weighted by atomic mass is 10.2. The van der Waals surface area contributed by atoms with Crippen molar-refractivity contribution in [3.05, 3.63) is 59.7 Å². The molecule has 19 heavy (non-hydrogen) atoms. The molecule has 2 N–H and O–H groups in total. The van der Waals surface area contributed by atoms with Crippen LogP contribution in [-0.4, -0.2) is 12.3 Å². The molecule has 0 atom stereocenters. The van der Waals surface area contributed by atoms with Gasteiger partial charge in [0, 0.05) is 6.54 Å². The Kier molecular flexibility index (Phi) is 4.78. The van der Waals surface area contributed by atoms with Gasteiger partial charge in [0.1, 0.15) is 6.61 Å². The van der Waals surface area contributed by atoms with Crippen molar-refractivity contribution < 1.29 is 14.7 Å². The number of ether oxygens (including phenoxy) is 2. The summed E-state index contributed by atoms with van der Waals surface area (Å²) in [7, 11) is 1.61. The molecule has 0 aliphatic carbocycles. The zero-order valence-electron chi connectivity index (χ0n) is 10.8. The number of nitrogens with one attached hydrogen (secondary N) is 1. The van der Waals surface area contributed by atoms with Crippen molar-refractivity contribution in [2.45, 2.75) is 13.2 Å². The van der Waals surface area contributed by atoms with Crippen LogP contribution in [0.2, 0.25) is 0 Å². The van der Waals surface area contributed by atoms with Crippen molar-refractivity contribution in [3.63, 3.8) is 0 Å². The van der Waals surface area contributed by atoms with E-state index in [1.807, 2.05) is 48.5 Å². The highest BCUT2D eigenvalue weighted by atomic mass is 16.5. The van der Waals surface area contributed by atoms with Gasteiger partial charge in [-0.2, -0.15) is 0 Å². The van der Waals surface area contributed by atoms with Crippen LogP contribution in [0.1, 0.15) is 11.1 Å². The molecule has 0 amide bonds. The van der Waals surface area contributed by atoms with Gasteiger partial charge in [-0.25, -0.2) is 5.48 Å². The lowest BCUT2D eigenvalue weighted by molar-refractivity contribution is 0.161. The molecular weight excluding hydrogens is 242 g/mol. The van der Waals surface area contributed by atoms with Crippen LogP contribution < -0.4 is 15.0 Å². The minimum absolute atomic E-state index is 0.367. The van der Waals surface area contributed by atoms with Gasteiger partial charge in [0.2, 0.25) is 0 Å². The maximum absolute atomic E-state index is 8.72. The summed E-state index contributed by atoms with van der Waals surface area (Å²) in [6, 6.07) is 15.5. The maximum atomic E-state index is 8.72. The predicted octanol–water partition coefficient (Wildman–Crippen LogP) is 2.75. The number of hydrogen-bond acceptors (Lipinski definition) is 4. The monoisotopic (exact) mass is 259 g/mol. The minimum atomic E-state index is 0.367. The number of rotatable bonds is 6. The van der Waals surface area contributed by atoms with Gasteiger partial charge in [-0.15, -0.1) is 0 Å². The normalized spacial score (nSPS) is 10.2. The van der Waals surface area contributed by atoms with E-state index in [9.17, 15) is 0 Å². The zero-order chi connectivity index (χ0) is 13.5. The predicted molar refractivity (Wildman–Crippen MR) is 72.4 cm³/mol. The fourth-order valence-corrected chi connectivity index (χ4v) is 1.77. The molecule has 0 fully saturated rings. The summed E-state index contributed by atoms with van der Waals surface area (Å²) in [5, 5.41) is 8.72. The van der Waals surface area contributed by atoms with E-state index in [-0.39, 0.29) is 0 Å². The van der Waals surface area contributed by atoms with Crippen LogP contribution in [0.25, 0.3) is 0 Å². The quantitative estimate of drug-likeness (QED) is 0.783. The van der Waals surface area contributed by atoms with Crippen LogP contribution in [0.3, 0.4) is 0 Å². The first-order chi connectivity index (χ1) is 9.33. The molecule has 0 heterocycles. The molecular formula is C15H17NO3. The third kappa shape index (κ3) is 3.71. The van der Waals surface area contributed by atoms with Crippen LogP contribution >= 0.6 is 0 Å². The summed E-state index contributed by atoms with van der Waals surface area (Å²) in [6.07, 6.45) is 0. The van der Waals surface area contributed by atoms with E-state index in [4.69, 9.17) is 14.7 Å². The van der Waals surface area contributed by atoms with Gasteiger partial charge in [-0.1, -0.05) is 36.4 Å². The van der Waals surface area contributed by atoms with E-state index in [1.54, 1.807) is 7.11 Å². The van der Waals surface area contributed by atoms with Gasteiger partial charge < -0.3 is 14.7 Å². The Labute approximate surface area is 112 Å². The Morgan fingerprint density at radius 3 is 2.47 bits per heavy atom.